The van der Waals surface area contributed by atoms with Crippen LogP contribution in [0.1, 0.15) is 18.4 Å². The maximum atomic E-state index is 12.3. The number of hydrogen-bond acceptors (Lipinski definition) is 4. The number of carbonyl (C=O) groups is 2. The lowest BCUT2D eigenvalue weighted by atomic mass is 9.92. The zero-order chi connectivity index (χ0) is 16.4. The summed E-state index contributed by atoms with van der Waals surface area (Å²) in [6, 6.07) is 8.55. The first-order valence-electron chi connectivity index (χ1n) is 7.72. The van der Waals surface area contributed by atoms with Gasteiger partial charge < -0.3 is 14.7 Å². The predicted octanol–water partition coefficient (Wildman–Crippen LogP) is 1.51. The van der Waals surface area contributed by atoms with Gasteiger partial charge in [0.05, 0.1) is 17.6 Å². The van der Waals surface area contributed by atoms with Gasteiger partial charge in [0.25, 0.3) is 5.91 Å². The first kappa shape index (κ1) is 15.3. The van der Waals surface area contributed by atoms with Crippen LogP contribution in [0.4, 0.5) is 0 Å². The minimum absolute atomic E-state index is 0.0753. The molecule has 6 heteroatoms. The molecule has 0 radical (unpaired) electrons. The largest absolute Gasteiger partial charge is 0.484 e. The third-order valence-corrected chi connectivity index (χ3v) is 4.61. The zero-order valence-corrected chi connectivity index (χ0v) is 12.6. The average Bonchev–Trinajstić information content (AvgIpc) is 3.31. The van der Waals surface area contributed by atoms with Gasteiger partial charge in [-0.3, -0.25) is 9.59 Å². The van der Waals surface area contributed by atoms with E-state index >= 15 is 0 Å². The van der Waals surface area contributed by atoms with E-state index in [4.69, 9.17) is 10.00 Å². The van der Waals surface area contributed by atoms with Gasteiger partial charge in [-0.05, 0) is 48.9 Å². The molecule has 2 aliphatic rings. The highest BCUT2D eigenvalue weighted by Gasteiger charge is 2.46. The molecule has 1 aromatic rings. The van der Waals surface area contributed by atoms with E-state index in [9.17, 15) is 14.7 Å². The lowest BCUT2D eigenvalue weighted by molar-refractivity contribution is -0.142. The second-order valence-electron chi connectivity index (χ2n) is 6.17. The molecule has 1 saturated carbocycles. The van der Waals surface area contributed by atoms with Crippen molar-refractivity contribution in [3.8, 4) is 11.8 Å². The van der Waals surface area contributed by atoms with Gasteiger partial charge >= 0.3 is 5.97 Å². The van der Waals surface area contributed by atoms with Gasteiger partial charge in [0.1, 0.15) is 5.75 Å². The standard InChI is InChI=1S/C17H18N2O4/c18-7-11-1-5-13(6-2-11)23-10-16(20)19-8-14(12-3-4-12)15(9-19)17(21)22/h1-2,5-6,12,14-15H,3-4,8-10H2,(H,21,22)/t14-,15+/m1/s1. The number of aliphatic carboxylic acids is 1. The molecule has 120 valence electrons. The lowest BCUT2D eigenvalue weighted by Gasteiger charge is -2.16. The second kappa shape index (κ2) is 6.29. The van der Waals surface area contributed by atoms with Crippen molar-refractivity contribution in [2.24, 2.45) is 17.8 Å². The summed E-state index contributed by atoms with van der Waals surface area (Å²) in [7, 11) is 0. The molecular formula is C17H18N2O4. The highest BCUT2D eigenvalue weighted by molar-refractivity contribution is 5.80. The summed E-state index contributed by atoms with van der Waals surface area (Å²) in [5.41, 5.74) is 0.528. The number of ether oxygens (including phenoxy) is 1. The van der Waals surface area contributed by atoms with Crippen molar-refractivity contribution in [2.75, 3.05) is 19.7 Å². The van der Waals surface area contributed by atoms with E-state index in [1.807, 2.05) is 6.07 Å². The zero-order valence-electron chi connectivity index (χ0n) is 12.6. The topological polar surface area (TPSA) is 90.6 Å². The lowest BCUT2D eigenvalue weighted by Crippen LogP contribution is -2.33. The van der Waals surface area contributed by atoms with Gasteiger partial charge in [-0.1, -0.05) is 0 Å². The van der Waals surface area contributed by atoms with E-state index in [2.05, 4.69) is 0 Å². The van der Waals surface area contributed by atoms with E-state index in [1.165, 1.54) is 0 Å². The molecule has 1 aliphatic carbocycles. The molecule has 1 N–H and O–H groups in total. The number of carbonyl (C=O) groups excluding carboxylic acids is 1. The quantitative estimate of drug-likeness (QED) is 0.889. The molecule has 1 aromatic carbocycles. The summed E-state index contributed by atoms with van der Waals surface area (Å²) in [6.45, 7) is 0.666. The fourth-order valence-electron chi connectivity index (χ4n) is 3.16. The van der Waals surface area contributed by atoms with Gasteiger partial charge in [0.15, 0.2) is 6.61 Å². The summed E-state index contributed by atoms with van der Waals surface area (Å²) < 4.78 is 5.44. The Hall–Kier alpha value is -2.55. The normalized spacial score (nSPS) is 23.3. The highest BCUT2D eigenvalue weighted by atomic mass is 16.5. The fourth-order valence-corrected chi connectivity index (χ4v) is 3.16. The van der Waals surface area contributed by atoms with Crippen LogP contribution < -0.4 is 4.74 Å². The third kappa shape index (κ3) is 3.45. The Labute approximate surface area is 134 Å². The molecule has 0 bridgehead atoms. The van der Waals surface area contributed by atoms with E-state index in [0.29, 0.717) is 23.8 Å². The Morgan fingerprint density at radius 2 is 1.96 bits per heavy atom. The number of rotatable bonds is 5. The molecule has 0 unspecified atom stereocenters. The summed E-state index contributed by atoms with van der Waals surface area (Å²) in [5, 5.41) is 18.1. The van der Waals surface area contributed by atoms with Crippen molar-refractivity contribution < 1.29 is 19.4 Å². The van der Waals surface area contributed by atoms with Crippen molar-refractivity contribution in [1.82, 2.24) is 4.90 Å². The Morgan fingerprint density at radius 1 is 1.26 bits per heavy atom. The number of carboxylic acids is 1. The van der Waals surface area contributed by atoms with Gasteiger partial charge in [-0.15, -0.1) is 0 Å². The maximum absolute atomic E-state index is 12.3. The Kier molecular flexibility index (Phi) is 4.20. The number of nitrogens with zero attached hydrogens (tertiary/aromatic N) is 2. The molecule has 3 rings (SSSR count). The van der Waals surface area contributed by atoms with Crippen LogP contribution in [0.25, 0.3) is 0 Å². The first-order valence-corrected chi connectivity index (χ1v) is 7.72. The summed E-state index contributed by atoms with van der Waals surface area (Å²) in [4.78, 5) is 25.2. The number of amides is 1. The van der Waals surface area contributed by atoms with Crippen LogP contribution in [0.5, 0.6) is 5.75 Å². The van der Waals surface area contributed by atoms with Crippen molar-refractivity contribution in [2.45, 2.75) is 12.8 Å². The molecule has 2 atom stereocenters. The van der Waals surface area contributed by atoms with Crippen LogP contribution in [0.2, 0.25) is 0 Å². The molecular weight excluding hydrogens is 296 g/mol. The molecule has 1 heterocycles. The van der Waals surface area contributed by atoms with Crippen molar-refractivity contribution in [3.63, 3.8) is 0 Å². The van der Waals surface area contributed by atoms with Gasteiger partial charge in [0, 0.05) is 13.1 Å². The first-order chi connectivity index (χ1) is 11.1. The number of nitriles is 1. The van der Waals surface area contributed by atoms with E-state index in [0.717, 1.165) is 12.8 Å². The number of hydrogen-bond donors (Lipinski definition) is 1. The number of benzene rings is 1. The van der Waals surface area contributed by atoms with Crippen LogP contribution in [0, 0.1) is 29.1 Å². The number of likely N-dealkylation sites (tertiary alicyclic amines) is 1. The molecule has 2 fully saturated rings. The smallest absolute Gasteiger partial charge is 0.308 e. The molecule has 1 amide bonds. The van der Waals surface area contributed by atoms with Gasteiger partial charge in [-0.25, -0.2) is 0 Å². The van der Waals surface area contributed by atoms with Crippen molar-refractivity contribution in [3.05, 3.63) is 29.8 Å². The van der Waals surface area contributed by atoms with Crippen molar-refractivity contribution in [1.29, 1.82) is 5.26 Å². The Balaban J connectivity index is 1.55. The Bertz CT molecular complexity index is 646. The molecule has 0 aromatic heterocycles. The molecule has 1 aliphatic heterocycles. The molecule has 23 heavy (non-hydrogen) atoms. The molecule has 6 nitrogen and oxygen atoms in total. The van der Waals surface area contributed by atoms with Crippen LogP contribution in [-0.2, 0) is 9.59 Å². The summed E-state index contributed by atoms with van der Waals surface area (Å²) in [6.07, 6.45) is 2.14. The summed E-state index contributed by atoms with van der Waals surface area (Å²) in [5.74, 6) is -0.417. The van der Waals surface area contributed by atoms with Crippen LogP contribution in [0.3, 0.4) is 0 Å². The van der Waals surface area contributed by atoms with E-state index in [-0.39, 0.29) is 25.0 Å². The highest BCUT2D eigenvalue weighted by Crippen LogP contribution is 2.44. The summed E-state index contributed by atoms with van der Waals surface area (Å²) >= 11 is 0. The average molecular weight is 314 g/mol. The Morgan fingerprint density at radius 3 is 2.52 bits per heavy atom. The monoisotopic (exact) mass is 314 g/mol. The SMILES string of the molecule is N#Cc1ccc(OCC(=O)N2C[C@H](C(=O)O)[C@@H](C3CC3)C2)cc1. The van der Waals surface area contributed by atoms with Crippen LogP contribution in [0.15, 0.2) is 24.3 Å². The minimum Gasteiger partial charge on any atom is -0.484 e. The van der Waals surface area contributed by atoms with Gasteiger partial charge in [0.2, 0.25) is 0 Å². The molecule has 1 saturated heterocycles. The van der Waals surface area contributed by atoms with E-state index < -0.39 is 11.9 Å². The van der Waals surface area contributed by atoms with Crippen LogP contribution >= 0.6 is 0 Å². The van der Waals surface area contributed by atoms with E-state index in [1.54, 1.807) is 29.2 Å². The third-order valence-electron chi connectivity index (χ3n) is 4.61. The second-order valence-corrected chi connectivity index (χ2v) is 6.17. The van der Waals surface area contributed by atoms with Crippen LogP contribution in [-0.4, -0.2) is 41.6 Å². The fraction of sp³-hybridized carbons (Fsp3) is 0.471. The van der Waals surface area contributed by atoms with Gasteiger partial charge in [-0.2, -0.15) is 5.26 Å². The van der Waals surface area contributed by atoms with Crippen molar-refractivity contribution >= 4 is 11.9 Å². The molecule has 0 spiro atoms. The minimum atomic E-state index is -0.815. The predicted molar refractivity (Wildman–Crippen MR) is 80.6 cm³/mol. The maximum Gasteiger partial charge on any atom is 0.308 e. The number of carboxylic acid groups (broad SMARTS) is 1.